The fourth-order valence-electron chi connectivity index (χ4n) is 1.18. The molecule has 0 aliphatic carbocycles. The zero-order chi connectivity index (χ0) is 9.42. The van der Waals surface area contributed by atoms with Crippen LogP contribution in [0.3, 0.4) is 0 Å². The molecule has 3 nitrogen and oxygen atoms in total. The first-order valence-electron chi connectivity index (χ1n) is 3.74. The Bertz CT molecular complexity index is 452. The third-order valence-electron chi connectivity index (χ3n) is 1.72. The SMILES string of the molecule is Cc1nc2c(Br)cc(NN)cc2s1. The van der Waals surface area contributed by atoms with Crippen molar-refractivity contribution in [2.24, 2.45) is 5.84 Å². The van der Waals surface area contributed by atoms with Gasteiger partial charge in [0.25, 0.3) is 0 Å². The van der Waals surface area contributed by atoms with E-state index in [0.29, 0.717) is 0 Å². The van der Waals surface area contributed by atoms with Gasteiger partial charge in [0.05, 0.1) is 20.9 Å². The summed E-state index contributed by atoms with van der Waals surface area (Å²) in [5.41, 5.74) is 4.51. The largest absolute Gasteiger partial charge is 0.324 e. The molecular formula is C8H8BrN3S. The first kappa shape index (κ1) is 8.93. The number of nitrogen functional groups attached to an aromatic ring is 1. The first-order valence-corrected chi connectivity index (χ1v) is 5.35. The van der Waals surface area contributed by atoms with Crippen molar-refractivity contribution >= 4 is 43.2 Å². The van der Waals surface area contributed by atoms with Crippen molar-refractivity contribution < 1.29 is 0 Å². The quantitative estimate of drug-likeness (QED) is 0.610. The molecule has 5 heteroatoms. The lowest BCUT2D eigenvalue weighted by Gasteiger charge is -1.99. The number of rotatable bonds is 1. The maximum Gasteiger partial charge on any atom is 0.0958 e. The predicted octanol–water partition coefficient (Wildman–Crippen LogP) is 2.65. The minimum atomic E-state index is 0.892. The summed E-state index contributed by atoms with van der Waals surface area (Å²) in [5, 5.41) is 1.06. The number of aromatic nitrogens is 1. The zero-order valence-electron chi connectivity index (χ0n) is 6.97. The van der Waals surface area contributed by atoms with Crippen LogP contribution in [0.2, 0.25) is 0 Å². The molecule has 0 saturated carbocycles. The number of nitrogens with one attached hydrogen (secondary N) is 1. The Labute approximate surface area is 88.1 Å². The molecule has 13 heavy (non-hydrogen) atoms. The second-order valence-corrected chi connectivity index (χ2v) is 4.77. The second-order valence-electron chi connectivity index (χ2n) is 2.68. The number of hydrogen-bond acceptors (Lipinski definition) is 4. The molecule has 0 bridgehead atoms. The van der Waals surface area contributed by atoms with E-state index in [1.807, 2.05) is 19.1 Å². The highest BCUT2D eigenvalue weighted by Gasteiger charge is 2.05. The van der Waals surface area contributed by atoms with Gasteiger partial charge in [-0.15, -0.1) is 11.3 Å². The van der Waals surface area contributed by atoms with E-state index in [2.05, 4.69) is 26.3 Å². The van der Waals surface area contributed by atoms with E-state index in [4.69, 9.17) is 5.84 Å². The molecule has 0 radical (unpaired) electrons. The lowest BCUT2D eigenvalue weighted by Crippen LogP contribution is -2.06. The van der Waals surface area contributed by atoms with E-state index >= 15 is 0 Å². The van der Waals surface area contributed by atoms with Crippen molar-refractivity contribution in [1.82, 2.24) is 4.98 Å². The van der Waals surface area contributed by atoms with Gasteiger partial charge in [-0.3, -0.25) is 5.84 Å². The molecule has 2 aromatic rings. The highest BCUT2D eigenvalue weighted by atomic mass is 79.9. The highest BCUT2D eigenvalue weighted by molar-refractivity contribution is 9.10. The summed E-state index contributed by atoms with van der Waals surface area (Å²) in [4.78, 5) is 4.39. The monoisotopic (exact) mass is 257 g/mol. The third kappa shape index (κ3) is 1.54. The van der Waals surface area contributed by atoms with Crippen LogP contribution >= 0.6 is 27.3 Å². The molecule has 3 N–H and O–H groups in total. The first-order chi connectivity index (χ1) is 6.20. The summed E-state index contributed by atoms with van der Waals surface area (Å²) >= 11 is 5.11. The van der Waals surface area contributed by atoms with Crippen LogP contribution in [0.25, 0.3) is 10.2 Å². The van der Waals surface area contributed by atoms with Crippen molar-refractivity contribution in [2.75, 3.05) is 5.43 Å². The van der Waals surface area contributed by atoms with E-state index in [9.17, 15) is 0 Å². The van der Waals surface area contributed by atoms with Crippen LogP contribution < -0.4 is 11.3 Å². The van der Waals surface area contributed by atoms with E-state index in [0.717, 1.165) is 25.4 Å². The maximum atomic E-state index is 5.33. The van der Waals surface area contributed by atoms with Crippen molar-refractivity contribution in [2.45, 2.75) is 6.92 Å². The number of aryl methyl sites for hydroxylation is 1. The Morgan fingerprint density at radius 2 is 2.31 bits per heavy atom. The molecule has 0 amide bonds. The minimum absolute atomic E-state index is 0.892. The molecular weight excluding hydrogens is 250 g/mol. The lowest BCUT2D eigenvalue weighted by atomic mass is 10.3. The van der Waals surface area contributed by atoms with Gasteiger partial charge in [0, 0.05) is 4.47 Å². The maximum absolute atomic E-state index is 5.33. The van der Waals surface area contributed by atoms with Gasteiger partial charge in [-0.1, -0.05) is 0 Å². The number of benzene rings is 1. The van der Waals surface area contributed by atoms with Gasteiger partial charge in [-0.05, 0) is 35.0 Å². The number of halogens is 1. The molecule has 0 saturated heterocycles. The molecule has 0 spiro atoms. The summed E-state index contributed by atoms with van der Waals surface area (Å²) in [6.45, 7) is 1.99. The Morgan fingerprint density at radius 1 is 1.54 bits per heavy atom. The average molecular weight is 258 g/mol. The van der Waals surface area contributed by atoms with E-state index in [1.54, 1.807) is 11.3 Å². The van der Waals surface area contributed by atoms with Gasteiger partial charge in [0.1, 0.15) is 0 Å². The number of hydrazine groups is 1. The molecule has 1 aromatic heterocycles. The van der Waals surface area contributed by atoms with Crippen LogP contribution in [0.1, 0.15) is 5.01 Å². The number of nitrogens with zero attached hydrogens (tertiary/aromatic N) is 1. The number of nitrogens with two attached hydrogens (primary N) is 1. The topological polar surface area (TPSA) is 50.9 Å². The minimum Gasteiger partial charge on any atom is -0.324 e. The summed E-state index contributed by atoms with van der Waals surface area (Å²) in [5.74, 6) is 5.33. The number of fused-ring (bicyclic) bond motifs is 1. The molecule has 1 heterocycles. The van der Waals surface area contributed by atoms with Crippen LogP contribution in [0.15, 0.2) is 16.6 Å². The van der Waals surface area contributed by atoms with Crippen LogP contribution in [0.5, 0.6) is 0 Å². The number of anilines is 1. The van der Waals surface area contributed by atoms with Gasteiger partial charge in [-0.2, -0.15) is 0 Å². The third-order valence-corrected chi connectivity index (χ3v) is 3.24. The van der Waals surface area contributed by atoms with Crippen molar-refractivity contribution in [3.63, 3.8) is 0 Å². The fraction of sp³-hybridized carbons (Fsp3) is 0.125. The summed E-state index contributed by atoms with van der Waals surface area (Å²) in [7, 11) is 0. The van der Waals surface area contributed by atoms with E-state index in [1.165, 1.54) is 0 Å². The van der Waals surface area contributed by atoms with Crippen LogP contribution in [-0.2, 0) is 0 Å². The van der Waals surface area contributed by atoms with Gasteiger partial charge in [0.15, 0.2) is 0 Å². The Morgan fingerprint density at radius 3 is 3.00 bits per heavy atom. The normalized spacial score (nSPS) is 10.7. The number of hydrogen-bond donors (Lipinski definition) is 2. The smallest absolute Gasteiger partial charge is 0.0958 e. The summed E-state index contributed by atoms with van der Waals surface area (Å²) in [6.07, 6.45) is 0. The van der Waals surface area contributed by atoms with Gasteiger partial charge in [-0.25, -0.2) is 4.98 Å². The molecule has 1 aromatic carbocycles. The predicted molar refractivity (Wildman–Crippen MR) is 59.9 cm³/mol. The fourth-order valence-corrected chi connectivity index (χ4v) is 2.76. The number of thiazole rings is 1. The van der Waals surface area contributed by atoms with Gasteiger partial charge < -0.3 is 5.43 Å². The van der Waals surface area contributed by atoms with E-state index in [-0.39, 0.29) is 0 Å². The molecule has 0 atom stereocenters. The zero-order valence-corrected chi connectivity index (χ0v) is 9.37. The Kier molecular flexibility index (Phi) is 2.23. The molecule has 2 rings (SSSR count). The van der Waals surface area contributed by atoms with Crippen LogP contribution in [0.4, 0.5) is 5.69 Å². The Balaban J connectivity index is 2.75. The van der Waals surface area contributed by atoms with Crippen molar-refractivity contribution in [3.05, 3.63) is 21.6 Å². The molecule has 0 aliphatic heterocycles. The molecule has 0 fully saturated rings. The second kappa shape index (κ2) is 3.25. The highest BCUT2D eigenvalue weighted by Crippen LogP contribution is 2.31. The van der Waals surface area contributed by atoms with Gasteiger partial charge >= 0.3 is 0 Å². The van der Waals surface area contributed by atoms with Crippen molar-refractivity contribution in [1.29, 1.82) is 0 Å². The van der Waals surface area contributed by atoms with Gasteiger partial charge in [0.2, 0.25) is 0 Å². The standard InChI is InChI=1S/C8H8BrN3S/c1-4-11-8-6(9)2-5(12-10)3-7(8)13-4/h2-3,12H,10H2,1H3. The lowest BCUT2D eigenvalue weighted by molar-refractivity contribution is 1.33. The molecule has 68 valence electrons. The summed E-state index contributed by atoms with van der Waals surface area (Å²) < 4.78 is 2.11. The molecule has 0 aliphatic rings. The average Bonchev–Trinajstić information content (AvgIpc) is 2.46. The summed E-state index contributed by atoms with van der Waals surface area (Å²) in [6, 6.07) is 3.91. The molecule has 0 unspecified atom stereocenters. The Hall–Kier alpha value is -0.650. The van der Waals surface area contributed by atoms with Crippen LogP contribution in [0, 0.1) is 6.92 Å². The van der Waals surface area contributed by atoms with Crippen LogP contribution in [-0.4, -0.2) is 4.98 Å². The van der Waals surface area contributed by atoms with E-state index < -0.39 is 0 Å². The van der Waals surface area contributed by atoms with Crippen molar-refractivity contribution in [3.8, 4) is 0 Å².